The fraction of sp³-hybridized carbons (Fsp3) is 0.462. The smallest absolute Gasteiger partial charge is 0.251 e. The maximum absolute atomic E-state index is 11.8. The van der Waals surface area contributed by atoms with Gasteiger partial charge in [0, 0.05) is 12.1 Å². The minimum absolute atomic E-state index is 0.0883. The number of hydrogen-bond donors (Lipinski definition) is 2. The lowest BCUT2D eigenvalue weighted by atomic mass is 10.1. The topological polar surface area (TPSA) is 55.1 Å². The fourth-order valence-corrected chi connectivity index (χ4v) is 2.09. The van der Waals surface area contributed by atoms with Gasteiger partial charge in [0.2, 0.25) is 0 Å². The van der Waals surface area contributed by atoms with Crippen LogP contribution in [0.2, 0.25) is 5.02 Å². The summed E-state index contributed by atoms with van der Waals surface area (Å²) in [6.07, 6.45) is 1.18. The molecule has 3 N–H and O–H groups in total. The largest absolute Gasteiger partial charge is 0.398 e. The van der Waals surface area contributed by atoms with E-state index in [2.05, 4.69) is 19.2 Å². The molecule has 1 unspecified atom stereocenters. The molecule has 1 fully saturated rings. The van der Waals surface area contributed by atoms with Gasteiger partial charge in [0.15, 0.2) is 0 Å². The van der Waals surface area contributed by atoms with Crippen molar-refractivity contribution in [1.29, 1.82) is 0 Å². The van der Waals surface area contributed by atoms with Crippen molar-refractivity contribution in [2.75, 3.05) is 12.3 Å². The van der Waals surface area contributed by atoms with Crippen LogP contribution >= 0.6 is 11.6 Å². The first-order valence-corrected chi connectivity index (χ1v) is 6.11. The van der Waals surface area contributed by atoms with Crippen molar-refractivity contribution >= 4 is 23.2 Å². The van der Waals surface area contributed by atoms with E-state index in [-0.39, 0.29) is 5.91 Å². The SMILES string of the molecule is CC1(C)CC1CNC(=O)c1ccc(N)c(Cl)c1. The summed E-state index contributed by atoms with van der Waals surface area (Å²) >= 11 is 5.87. The number of carbonyl (C=O) groups is 1. The number of nitrogens with one attached hydrogen (secondary N) is 1. The molecule has 0 radical (unpaired) electrons. The molecule has 1 saturated carbocycles. The van der Waals surface area contributed by atoms with Crippen LogP contribution in [0.3, 0.4) is 0 Å². The monoisotopic (exact) mass is 252 g/mol. The van der Waals surface area contributed by atoms with Gasteiger partial charge >= 0.3 is 0 Å². The summed E-state index contributed by atoms with van der Waals surface area (Å²) in [5.74, 6) is 0.505. The van der Waals surface area contributed by atoms with Crippen molar-refractivity contribution in [3.63, 3.8) is 0 Å². The van der Waals surface area contributed by atoms with Gasteiger partial charge in [-0.2, -0.15) is 0 Å². The first-order chi connectivity index (χ1) is 7.90. The molecular weight excluding hydrogens is 236 g/mol. The third-order valence-electron chi connectivity index (χ3n) is 3.49. The number of carbonyl (C=O) groups excluding carboxylic acids is 1. The molecule has 0 bridgehead atoms. The number of nitrogens with two attached hydrogens (primary N) is 1. The summed E-state index contributed by atoms with van der Waals surface area (Å²) in [7, 11) is 0. The second-order valence-electron chi connectivity index (χ2n) is 5.34. The van der Waals surface area contributed by atoms with Crippen LogP contribution in [0.15, 0.2) is 18.2 Å². The molecule has 17 heavy (non-hydrogen) atoms. The maximum atomic E-state index is 11.8. The summed E-state index contributed by atoms with van der Waals surface area (Å²) in [6.45, 7) is 5.15. The zero-order valence-electron chi connectivity index (χ0n) is 10.1. The minimum Gasteiger partial charge on any atom is -0.398 e. The molecule has 0 aromatic heterocycles. The molecule has 0 saturated heterocycles. The highest BCUT2D eigenvalue weighted by molar-refractivity contribution is 6.33. The molecule has 1 atom stereocenters. The van der Waals surface area contributed by atoms with E-state index >= 15 is 0 Å². The van der Waals surface area contributed by atoms with Crippen LogP contribution in [0, 0.1) is 11.3 Å². The van der Waals surface area contributed by atoms with Crippen LogP contribution in [-0.4, -0.2) is 12.5 Å². The van der Waals surface area contributed by atoms with E-state index in [1.54, 1.807) is 18.2 Å². The lowest BCUT2D eigenvalue weighted by molar-refractivity contribution is 0.0950. The van der Waals surface area contributed by atoms with Gasteiger partial charge in [-0.05, 0) is 36.0 Å². The summed E-state index contributed by atoms with van der Waals surface area (Å²) in [5.41, 5.74) is 7.02. The Bertz CT molecular complexity index is 457. The average Bonchev–Trinajstić information content (AvgIpc) is 2.87. The van der Waals surface area contributed by atoms with Crippen LogP contribution < -0.4 is 11.1 Å². The Morgan fingerprint density at radius 3 is 2.76 bits per heavy atom. The summed E-state index contributed by atoms with van der Waals surface area (Å²) in [4.78, 5) is 11.8. The predicted molar refractivity (Wildman–Crippen MR) is 70.1 cm³/mol. The number of halogens is 1. The van der Waals surface area contributed by atoms with Gasteiger partial charge in [0.25, 0.3) is 5.91 Å². The van der Waals surface area contributed by atoms with Crippen molar-refractivity contribution in [2.45, 2.75) is 20.3 Å². The van der Waals surface area contributed by atoms with Crippen molar-refractivity contribution < 1.29 is 4.79 Å². The first kappa shape index (κ1) is 12.2. The van der Waals surface area contributed by atoms with Crippen molar-refractivity contribution in [3.8, 4) is 0 Å². The normalized spacial score (nSPS) is 21.0. The second kappa shape index (κ2) is 4.22. The van der Waals surface area contributed by atoms with E-state index in [9.17, 15) is 4.79 Å². The minimum atomic E-state index is -0.0883. The molecule has 0 aliphatic heterocycles. The van der Waals surface area contributed by atoms with Gasteiger partial charge in [-0.15, -0.1) is 0 Å². The molecule has 2 rings (SSSR count). The summed E-state index contributed by atoms with van der Waals surface area (Å²) in [5, 5.41) is 3.35. The predicted octanol–water partition coefficient (Wildman–Crippen LogP) is 2.70. The highest BCUT2D eigenvalue weighted by Crippen LogP contribution is 2.50. The van der Waals surface area contributed by atoms with Gasteiger partial charge in [0.1, 0.15) is 0 Å². The fourth-order valence-electron chi connectivity index (χ4n) is 1.91. The Kier molecular flexibility index (Phi) is 3.04. The summed E-state index contributed by atoms with van der Waals surface area (Å²) < 4.78 is 0. The van der Waals surface area contributed by atoms with Gasteiger partial charge in [-0.3, -0.25) is 4.79 Å². The van der Waals surface area contributed by atoms with Crippen molar-refractivity contribution in [2.24, 2.45) is 11.3 Å². The number of rotatable bonds is 3. The number of benzene rings is 1. The molecule has 1 aliphatic rings. The van der Waals surface area contributed by atoms with E-state index in [4.69, 9.17) is 17.3 Å². The molecular formula is C13H17ClN2O. The molecule has 4 heteroatoms. The first-order valence-electron chi connectivity index (χ1n) is 5.73. The lowest BCUT2D eigenvalue weighted by Gasteiger charge is -2.07. The van der Waals surface area contributed by atoms with Crippen LogP contribution in [0.5, 0.6) is 0 Å². The Balaban J connectivity index is 1.93. The Morgan fingerprint density at radius 2 is 2.24 bits per heavy atom. The van der Waals surface area contributed by atoms with E-state index in [1.807, 2.05) is 0 Å². The van der Waals surface area contributed by atoms with Crippen LogP contribution in [-0.2, 0) is 0 Å². The lowest BCUT2D eigenvalue weighted by Crippen LogP contribution is -2.26. The van der Waals surface area contributed by atoms with Crippen LogP contribution in [0.25, 0.3) is 0 Å². The zero-order chi connectivity index (χ0) is 12.6. The van der Waals surface area contributed by atoms with E-state index in [0.29, 0.717) is 27.6 Å². The number of amides is 1. The summed E-state index contributed by atoms with van der Waals surface area (Å²) in [6, 6.07) is 4.94. The molecule has 1 aromatic rings. The zero-order valence-corrected chi connectivity index (χ0v) is 10.8. The van der Waals surface area contributed by atoms with Gasteiger partial charge in [-0.25, -0.2) is 0 Å². The highest BCUT2D eigenvalue weighted by Gasteiger charge is 2.45. The van der Waals surface area contributed by atoms with Gasteiger partial charge in [-0.1, -0.05) is 25.4 Å². The standard InChI is InChI=1S/C13H17ClN2O/c1-13(2)6-9(13)7-16-12(17)8-3-4-11(15)10(14)5-8/h3-5,9H,6-7,15H2,1-2H3,(H,16,17). The van der Waals surface area contributed by atoms with E-state index in [1.165, 1.54) is 6.42 Å². The molecule has 0 spiro atoms. The highest BCUT2D eigenvalue weighted by atomic mass is 35.5. The Labute approximate surface area is 106 Å². The van der Waals surface area contributed by atoms with E-state index < -0.39 is 0 Å². The number of hydrogen-bond acceptors (Lipinski definition) is 2. The van der Waals surface area contributed by atoms with Gasteiger partial charge in [0.05, 0.1) is 10.7 Å². The molecule has 92 valence electrons. The van der Waals surface area contributed by atoms with E-state index in [0.717, 1.165) is 6.54 Å². The second-order valence-corrected chi connectivity index (χ2v) is 5.74. The molecule has 1 aromatic carbocycles. The average molecular weight is 253 g/mol. The number of nitrogen functional groups attached to an aromatic ring is 1. The molecule has 0 heterocycles. The third-order valence-corrected chi connectivity index (χ3v) is 3.82. The van der Waals surface area contributed by atoms with Gasteiger partial charge < -0.3 is 11.1 Å². The molecule has 1 aliphatic carbocycles. The van der Waals surface area contributed by atoms with Crippen LogP contribution in [0.1, 0.15) is 30.6 Å². The van der Waals surface area contributed by atoms with Crippen molar-refractivity contribution in [1.82, 2.24) is 5.32 Å². The third kappa shape index (κ3) is 2.72. The molecule has 3 nitrogen and oxygen atoms in total. The van der Waals surface area contributed by atoms with Crippen LogP contribution in [0.4, 0.5) is 5.69 Å². The Morgan fingerprint density at radius 1 is 1.59 bits per heavy atom. The molecule has 1 amide bonds. The number of anilines is 1. The maximum Gasteiger partial charge on any atom is 0.251 e. The Hall–Kier alpha value is -1.22. The quantitative estimate of drug-likeness (QED) is 0.813. The van der Waals surface area contributed by atoms with Crippen molar-refractivity contribution in [3.05, 3.63) is 28.8 Å².